The van der Waals surface area contributed by atoms with E-state index in [-0.39, 0.29) is 25.0 Å². The summed E-state index contributed by atoms with van der Waals surface area (Å²) in [4.78, 5) is 27.5. The van der Waals surface area contributed by atoms with Gasteiger partial charge >= 0.3 is 0 Å². The van der Waals surface area contributed by atoms with Gasteiger partial charge in [0.1, 0.15) is 18.4 Å². The summed E-state index contributed by atoms with van der Waals surface area (Å²) >= 11 is 1.56. The lowest BCUT2D eigenvalue weighted by Gasteiger charge is -2.34. The second-order valence-electron chi connectivity index (χ2n) is 5.32. The third kappa shape index (κ3) is 3.58. The lowest BCUT2D eigenvalue weighted by atomic mass is 10.2. The van der Waals surface area contributed by atoms with Gasteiger partial charge in [0.05, 0.1) is 25.9 Å². The first-order valence-corrected chi connectivity index (χ1v) is 8.40. The number of nitrogens with zero attached hydrogens (tertiary/aromatic N) is 1. The molecule has 0 unspecified atom stereocenters. The first-order valence-electron chi connectivity index (χ1n) is 7.52. The fourth-order valence-corrected chi connectivity index (χ4v) is 3.26. The van der Waals surface area contributed by atoms with Gasteiger partial charge in [-0.2, -0.15) is 0 Å². The maximum Gasteiger partial charge on any atom is 0.249 e. The molecule has 1 atom stereocenters. The van der Waals surface area contributed by atoms with Gasteiger partial charge < -0.3 is 19.7 Å². The zero-order valence-corrected chi connectivity index (χ0v) is 14.0. The fourth-order valence-electron chi connectivity index (χ4n) is 2.55. The highest BCUT2D eigenvalue weighted by Gasteiger charge is 2.34. The van der Waals surface area contributed by atoms with Gasteiger partial charge in [-0.15, -0.1) is 11.3 Å². The van der Waals surface area contributed by atoms with E-state index in [0.717, 1.165) is 4.88 Å². The van der Waals surface area contributed by atoms with Crippen molar-refractivity contribution in [1.29, 1.82) is 0 Å². The monoisotopic (exact) mass is 346 g/mol. The Labute approximate surface area is 144 Å². The lowest BCUT2D eigenvalue weighted by Crippen LogP contribution is -2.54. The number of amides is 2. The van der Waals surface area contributed by atoms with Gasteiger partial charge in [-0.25, -0.2) is 0 Å². The van der Waals surface area contributed by atoms with E-state index in [1.807, 2.05) is 29.6 Å². The first-order chi connectivity index (χ1) is 11.7. The Balaban J connectivity index is 1.76. The van der Waals surface area contributed by atoms with Gasteiger partial charge in [0.25, 0.3) is 0 Å². The van der Waals surface area contributed by atoms with Gasteiger partial charge in [0.15, 0.2) is 0 Å². The Hall–Kier alpha value is -2.38. The molecule has 7 heteroatoms. The molecule has 1 N–H and O–H groups in total. The summed E-state index contributed by atoms with van der Waals surface area (Å²) in [6, 6.07) is 10.4. The van der Waals surface area contributed by atoms with Crippen LogP contribution in [0.15, 0.2) is 41.8 Å². The summed E-state index contributed by atoms with van der Waals surface area (Å²) in [7, 11) is 1.54. The van der Waals surface area contributed by atoms with Crippen LogP contribution in [-0.2, 0) is 20.9 Å². The zero-order valence-electron chi connectivity index (χ0n) is 13.2. The molecule has 2 aromatic rings. The minimum atomic E-state index is -0.668. The molecule has 1 aliphatic heterocycles. The average Bonchev–Trinajstić information content (AvgIpc) is 3.10. The minimum absolute atomic E-state index is 0.00378. The number of benzene rings is 1. The fraction of sp³-hybridized carbons (Fsp3) is 0.294. The predicted molar refractivity (Wildman–Crippen MR) is 91.1 cm³/mol. The third-order valence-electron chi connectivity index (χ3n) is 3.77. The molecular weight excluding hydrogens is 328 g/mol. The van der Waals surface area contributed by atoms with Gasteiger partial charge in [0.2, 0.25) is 11.8 Å². The Morgan fingerprint density at radius 1 is 1.38 bits per heavy atom. The van der Waals surface area contributed by atoms with Crippen molar-refractivity contribution in [3.63, 3.8) is 0 Å². The van der Waals surface area contributed by atoms with Crippen LogP contribution in [-0.4, -0.2) is 43.1 Å². The number of ether oxygens (including phenoxy) is 2. The average molecular weight is 346 g/mol. The van der Waals surface area contributed by atoms with E-state index in [1.165, 1.54) is 0 Å². The van der Waals surface area contributed by atoms with Crippen molar-refractivity contribution in [1.82, 2.24) is 4.90 Å². The van der Waals surface area contributed by atoms with Crippen molar-refractivity contribution in [3.8, 4) is 5.75 Å². The van der Waals surface area contributed by atoms with E-state index >= 15 is 0 Å². The summed E-state index contributed by atoms with van der Waals surface area (Å²) in [6.45, 7) is 0.589. The largest absolute Gasteiger partial charge is 0.495 e. The van der Waals surface area contributed by atoms with Crippen molar-refractivity contribution in [2.45, 2.75) is 12.6 Å². The number of para-hydroxylation sites is 2. The van der Waals surface area contributed by atoms with Crippen molar-refractivity contribution in [2.24, 2.45) is 0 Å². The molecule has 24 heavy (non-hydrogen) atoms. The molecule has 3 rings (SSSR count). The van der Waals surface area contributed by atoms with E-state index in [2.05, 4.69) is 5.32 Å². The molecule has 1 aliphatic rings. The van der Waals surface area contributed by atoms with Crippen LogP contribution >= 0.6 is 11.3 Å². The molecule has 0 saturated carbocycles. The predicted octanol–water partition coefficient (Wildman–Crippen LogP) is 2.12. The van der Waals surface area contributed by atoms with Crippen molar-refractivity contribution in [3.05, 3.63) is 46.7 Å². The van der Waals surface area contributed by atoms with Crippen LogP contribution in [0.25, 0.3) is 0 Å². The summed E-state index contributed by atoms with van der Waals surface area (Å²) in [6.07, 6.45) is 0. The van der Waals surface area contributed by atoms with Gasteiger partial charge in [0, 0.05) is 4.88 Å². The first kappa shape index (κ1) is 16.5. The van der Waals surface area contributed by atoms with E-state index < -0.39 is 6.04 Å². The number of nitrogens with one attached hydrogen (secondary N) is 1. The number of hydrogen-bond donors (Lipinski definition) is 1. The van der Waals surface area contributed by atoms with E-state index in [4.69, 9.17) is 9.47 Å². The van der Waals surface area contributed by atoms with E-state index in [0.29, 0.717) is 18.0 Å². The molecule has 0 spiro atoms. The van der Waals surface area contributed by atoms with E-state index in [1.54, 1.807) is 35.5 Å². The van der Waals surface area contributed by atoms with Gasteiger partial charge in [-0.1, -0.05) is 18.2 Å². The maximum atomic E-state index is 12.7. The molecule has 0 aliphatic carbocycles. The molecular formula is C17H18N2O4S. The van der Waals surface area contributed by atoms with Crippen molar-refractivity contribution >= 4 is 28.8 Å². The van der Waals surface area contributed by atoms with Gasteiger partial charge in [-0.05, 0) is 23.6 Å². The zero-order chi connectivity index (χ0) is 16.9. The SMILES string of the molecule is COc1ccccc1NC(=O)[C@@H]1COCC(=O)N1Cc1cccs1. The molecule has 1 fully saturated rings. The molecule has 2 amide bonds. The van der Waals surface area contributed by atoms with E-state index in [9.17, 15) is 9.59 Å². The maximum absolute atomic E-state index is 12.7. The number of methoxy groups -OCH3 is 1. The highest BCUT2D eigenvalue weighted by Crippen LogP contribution is 2.24. The number of rotatable bonds is 5. The summed E-state index contributed by atoms with van der Waals surface area (Å²) < 4.78 is 10.5. The van der Waals surface area contributed by atoms with Crippen molar-refractivity contribution < 1.29 is 19.1 Å². The summed E-state index contributed by atoms with van der Waals surface area (Å²) in [5.41, 5.74) is 0.569. The molecule has 2 heterocycles. The summed E-state index contributed by atoms with van der Waals surface area (Å²) in [5, 5.41) is 4.78. The number of anilines is 1. The lowest BCUT2D eigenvalue weighted by molar-refractivity contribution is -0.153. The molecule has 0 radical (unpaired) electrons. The number of carbonyl (C=O) groups is 2. The highest BCUT2D eigenvalue weighted by molar-refractivity contribution is 7.09. The van der Waals surface area contributed by atoms with Crippen LogP contribution in [0.5, 0.6) is 5.75 Å². The third-order valence-corrected chi connectivity index (χ3v) is 4.63. The van der Waals surface area contributed by atoms with Crippen LogP contribution < -0.4 is 10.1 Å². The van der Waals surface area contributed by atoms with Crippen LogP contribution in [0.4, 0.5) is 5.69 Å². The number of carbonyl (C=O) groups excluding carboxylic acids is 2. The Morgan fingerprint density at radius 2 is 2.21 bits per heavy atom. The molecule has 1 aromatic carbocycles. The summed E-state index contributed by atoms with van der Waals surface area (Å²) in [5.74, 6) is 0.0950. The van der Waals surface area contributed by atoms with Crippen LogP contribution in [0.2, 0.25) is 0 Å². The Kier molecular flexibility index (Phi) is 5.12. The number of morpholine rings is 1. The Morgan fingerprint density at radius 3 is 2.96 bits per heavy atom. The van der Waals surface area contributed by atoms with Crippen LogP contribution in [0.1, 0.15) is 4.88 Å². The quantitative estimate of drug-likeness (QED) is 0.900. The number of thiophene rings is 1. The number of hydrogen-bond acceptors (Lipinski definition) is 5. The standard InChI is InChI=1S/C17H18N2O4S/c1-22-15-7-3-2-6-13(15)18-17(21)14-10-23-11-16(20)19(14)9-12-5-4-8-24-12/h2-8,14H,9-11H2,1H3,(H,18,21)/t14-/m0/s1. The topological polar surface area (TPSA) is 67.9 Å². The van der Waals surface area contributed by atoms with Gasteiger partial charge in [-0.3, -0.25) is 9.59 Å². The minimum Gasteiger partial charge on any atom is -0.495 e. The Bertz CT molecular complexity index is 717. The second-order valence-corrected chi connectivity index (χ2v) is 6.35. The molecule has 6 nitrogen and oxygen atoms in total. The second kappa shape index (κ2) is 7.46. The van der Waals surface area contributed by atoms with Crippen LogP contribution in [0.3, 0.4) is 0 Å². The smallest absolute Gasteiger partial charge is 0.249 e. The highest BCUT2D eigenvalue weighted by atomic mass is 32.1. The molecule has 126 valence electrons. The molecule has 1 aromatic heterocycles. The van der Waals surface area contributed by atoms with Crippen molar-refractivity contribution in [2.75, 3.05) is 25.6 Å². The molecule has 0 bridgehead atoms. The van der Waals surface area contributed by atoms with Crippen LogP contribution in [0, 0.1) is 0 Å². The molecule has 1 saturated heterocycles. The normalized spacial score (nSPS) is 17.6.